The molecule has 5 heteroatoms. The fourth-order valence-electron chi connectivity index (χ4n) is 1.10. The van der Waals surface area contributed by atoms with E-state index in [1.54, 1.807) is 0 Å². The van der Waals surface area contributed by atoms with E-state index in [1.165, 1.54) is 23.7 Å². The summed E-state index contributed by atoms with van der Waals surface area (Å²) in [7, 11) is 0. The third kappa shape index (κ3) is 1.77. The molecule has 3 nitrogen and oxygen atoms in total. The molecule has 0 amide bonds. The lowest BCUT2D eigenvalue weighted by molar-refractivity contribution is 0.219. The summed E-state index contributed by atoms with van der Waals surface area (Å²) in [5.74, 6) is 0. The quantitative estimate of drug-likeness (QED) is 0.855. The number of thiophene rings is 1. The summed E-state index contributed by atoms with van der Waals surface area (Å²) < 4.78 is 0. The highest BCUT2D eigenvalue weighted by Gasteiger charge is 2.16. The normalized spacial score (nSPS) is 12.7. The lowest BCUT2D eigenvalue weighted by Gasteiger charge is -2.07. The number of aromatic nitrogens is 2. The molecule has 0 fully saturated rings. The largest absolute Gasteiger partial charge is 0.381 e. The van der Waals surface area contributed by atoms with Gasteiger partial charge in [0.2, 0.25) is 0 Å². The Morgan fingerprint density at radius 1 is 1.36 bits per heavy atom. The summed E-state index contributed by atoms with van der Waals surface area (Å²) in [5.41, 5.74) is 0.400. The molecule has 2 aromatic heterocycles. The van der Waals surface area contributed by atoms with Crippen molar-refractivity contribution in [2.75, 3.05) is 0 Å². The molecule has 2 heterocycles. The summed E-state index contributed by atoms with van der Waals surface area (Å²) in [6.07, 6.45) is 2.22. The van der Waals surface area contributed by atoms with Gasteiger partial charge in [0.15, 0.2) is 5.15 Å². The Bertz CT molecular complexity index is 419. The molecule has 72 valence electrons. The molecule has 14 heavy (non-hydrogen) atoms. The van der Waals surface area contributed by atoms with Crippen LogP contribution in [0.5, 0.6) is 0 Å². The number of nitrogens with zero attached hydrogens (tertiary/aromatic N) is 2. The Labute approximate surface area is 90.0 Å². The fourth-order valence-corrected chi connectivity index (χ4v) is 2.02. The molecule has 0 bridgehead atoms. The van der Waals surface area contributed by atoms with Crippen LogP contribution in [0.1, 0.15) is 16.7 Å². The number of halogens is 1. The number of hydrogen-bond donors (Lipinski definition) is 1. The van der Waals surface area contributed by atoms with Gasteiger partial charge in [0.25, 0.3) is 0 Å². The predicted molar refractivity (Wildman–Crippen MR) is 55.4 cm³/mol. The van der Waals surface area contributed by atoms with Gasteiger partial charge in [-0.15, -0.1) is 11.3 Å². The van der Waals surface area contributed by atoms with E-state index in [4.69, 9.17) is 11.6 Å². The third-order valence-electron chi connectivity index (χ3n) is 1.75. The predicted octanol–water partition coefficient (Wildman–Crippen LogP) is 2.27. The Morgan fingerprint density at radius 3 is 2.79 bits per heavy atom. The van der Waals surface area contributed by atoms with Gasteiger partial charge < -0.3 is 5.11 Å². The highest BCUT2D eigenvalue weighted by atomic mass is 35.5. The summed E-state index contributed by atoms with van der Waals surface area (Å²) >= 11 is 7.27. The van der Waals surface area contributed by atoms with E-state index in [0.29, 0.717) is 5.69 Å². The smallest absolute Gasteiger partial charge is 0.153 e. The summed E-state index contributed by atoms with van der Waals surface area (Å²) in [4.78, 5) is 8.67. The zero-order valence-corrected chi connectivity index (χ0v) is 8.66. The average Bonchev–Trinajstić information content (AvgIpc) is 2.70. The van der Waals surface area contributed by atoms with Crippen LogP contribution in [0.2, 0.25) is 5.15 Å². The third-order valence-corrected chi connectivity index (χ3v) is 2.97. The average molecular weight is 227 g/mol. The zero-order valence-electron chi connectivity index (χ0n) is 7.09. The second-order valence-corrected chi connectivity index (χ2v) is 3.99. The highest BCUT2D eigenvalue weighted by Crippen LogP contribution is 2.27. The van der Waals surface area contributed by atoms with Crippen LogP contribution in [0.15, 0.2) is 29.9 Å². The van der Waals surface area contributed by atoms with Crippen LogP contribution in [0, 0.1) is 0 Å². The van der Waals surface area contributed by atoms with Crippen LogP contribution in [-0.4, -0.2) is 15.1 Å². The maximum atomic E-state index is 9.89. The van der Waals surface area contributed by atoms with Crippen LogP contribution in [0.25, 0.3) is 0 Å². The van der Waals surface area contributed by atoms with Crippen molar-refractivity contribution < 1.29 is 5.11 Å². The van der Waals surface area contributed by atoms with Crippen LogP contribution in [-0.2, 0) is 0 Å². The standard InChI is InChI=1S/C9H7ClN2OS/c10-9-7(11-3-4-12-9)8(13)6-2-1-5-14-6/h1-5,8,13H. The van der Waals surface area contributed by atoms with Gasteiger partial charge in [0.05, 0.1) is 0 Å². The molecule has 0 aromatic carbocycles. The Morgan fingerprint density at radius 2 is 2.14 bits per heavy atom. The summed E-state index contributed by atoms with van der Waals surface area (Å²) in [5, 5.41) is 12.0. The lowest BCUT2D eigenvalue weighted by Crippen LogP contribution is -2.01. The molecule has 1 unspecified atom stereocenters. The van der Waals surface area contributed by atoms with Gasteiger partial charge in [-0.1, -0.05) is 17.7 Å². The minimum Gasteiger partial charge on any atom is -0.381 e. The van der Waals surface area contributed by atoms with E-state index in [-0.39, 0.29) is 5.15 Å². The van der Waals surface area contributed by atoms with Crippen LogP contribution < -0.4 is 0 Å². The molecular formula is C9H7ClN2OS. The van der Waals surface area contributed by atoms with Gasteiger partial charge in [-0.3, -0.25) is 4.98 Å². The minimum absolute atomic E-state index is 0.244. The van der Waals surface area contributed by atoms with Gasteiger partial charge in [-0.2, -0.15) is 0 Å². The number of hydrogen-bond acceptors (Lipinski definition) is 4. The fraction of sp³-hybridized carbons (Fsp3) is 0.111. The molecule has 0 spiro atoms. The SMILES string of the molecule is OC(c1cccs1)c1nccnc1Cl. The van der Waals surface area contributed by atoms with Crippen LogP contribution in [0.3, 0.4) is 0 Å². The Balaban J connectivity index is 2.37. The van der Waals surface area contributed by atoms with Crippen molar-refractivity contribution >= 4 is 22.9 Å². The zero-order chi connectivity index (χ0) is 9.97. The van der Waals surface area contributed by atoms with Gasteiger partial charge >= 0.3 is 0 Å². The number of aliphatic hydroxyl groups is 1. The molecular weight excluding hydrogens is 220 g/mol. The van der Waals surface area contributed by atoms with Crippen molar-refractivity contribution in [3.63, 3.8) is 0 Å². The molecule has 0 aliphatic carbocycles. The minimum atomic E-state index is -0.781. The van der Waals surface area contributed by atoms with Crippen LogP contribution in [0.4, 0.5) is 0 Å². The van der Waals surface area contributed by atoms with Gasteiger partial charge in [0.1, 0.15) is 11.8 Å². The topological polar surface area (TPSA) is 46.0 Å². The Hall–Kier alpha value is -0.970. The maximum Gasteiger partial charge on any atom is 0.153 e. The monoisotopic (exact) mass is 226 g/mol. The molecule has 0 aliphatic heterocycles. The summed E-state index contributed by atoms with van der Waals surface area (Å²) in [6, 6.07) is 3.70. The van der Waals surface area contributed by atoms with E-state index in [9.17, 15) is 5.11 Å². The van der Waals surface area contributed by atoms with E-state index < -0.39 is 6.10 Å². The summed E-state index contributed by atoms with van der Waals surface area (Å²) in [6.45, 7) is 0. The van der Waals surface area contributed by atoms with Crippen molar-refractivity contribution in [3.05, 3.63) is 45.6 Å². The molecule has 0 radical (unpaired) electrons. The van der Waals surface area contributed by atoms with Crippen molar-refractivity contribution in [1.29, 1.82) is 0 Å². The van der Waals surface area contributed by atoms with Crippen molar-refractivity contribution in [2.45, 2.75) is 6.10 Å². The first-order valence-corrected chi connectivity index (χ1v) is 5.22. The van der Waals surface area contributed by atoms with Crippen molar-refractivity contribution in [1.82, 2.24) is 9.97 Å². The van der Waals surface area contributed by atoms with E-state index >= 15 is 0 Å². The molecule has 2 rings (SSSR count). The lowest BCUT2D eigenvalue weighted by atomic mass is 10.2. The molecule has 2 aromatic rings. The van der Waals surface area contributed by atoms with Gasteiger partial charge in [-0.25, -0.2) is 4.98 Å². The molecule has 0 aliphatic rings. The molecule has 0 saturated heterocycles. The molecule has 0 saturated carbocycles. The Kier molecular flexibility index (Phi) is 2.77. The second-order valence-electron chi connectivity index (χ2n) is 2.65. The maximum absolute atomic E-state index is 9.89. The van der Waals surface area contributed by atoms with Crippen molar-refractivity contribution in [2.24, 2.45) is 0 Å². The van der Waals surface area contributed by atoms with Gasteiger partial charge in [0, 0.05) is 17.3 Å². The first kappa shape index (κ1) is 9.58. The second kappa shape index (κ2) is 4.04. The van der Waals surface area contributed by atoms with Gasteiger partial charge in [-0.05, 0) is 11.4 Å². The first-order chi connectivity index (χ1) is 6.79. The highest BCUT2D eigenvalue weighted by molar-refractivity contribution is 7.10. The first-order valence-electron chi connectivity index (χ1n) is 3.97. The van der Waals surface area contributed by atoms with Crippen LogP contribution >= 0.6 is 22.9 Å². The van der Waals surface area contributed by atoms with Crippen molar-refractivity contribution in [3.8, 4) is 0 Å². The number of rotatable bonds is 2. The van der Waals surface area contributed by atoms with E-state index in [2.05, 4.69) is 9.97 Å². The molecule has 1 N–H and O–H groups in total. The van der Waals surface area contributed by atoms with E-state index in [1.807, 2.05) is 17.5 Å². The number of aliphatic hydroxyl groups excluding tert-OH is 1. The molecule has 1 atom stereocenters. The van der Waals surface area contributed by atoms with E-state index in [0.717, 1.165) is 4.88 Å².